The summed E-state index contributed by atoms with van der Waals surface area (Å²) in [5.74, 6) is 0.387. The fourth-order valence-corrected chi connectivity index (χ4v) is 3.70. The van der Waals surface area contributed by atoms with Crippen molar-refractivity contribution in [3.05, 3.63) is 70.9 Å². The van der Waals surface area contributed by atoms with Gasteiger partial charge in [0.1, 0.15) is 0 Å². The number of H-pyrrole nitrogens is 1. The van der Waals surface area contributed by atoms with Gasteiger partial charge < -0.3 is 15.6 Å². The molecule has 2 unspecified atom stereocenters. The Balaban J connectivity index is 1.81. The molecule has 0 radical (unpaired) electrons. The van der Waals surface area contributed by atoms with E-state index in [1.165, 1.54) is 33.3 Å². The van der Waals surface area contributed by atoms with Crippen LogP contribution in [0.5, 0.6) is 0 Å². The van der Waals surface area contributed by atoms with E-state index in [0.29, 0.717) is 5.92 Å². The zero-order valence-electron chi connectivity index (χ0n) is 13.7. The minimum absolute atomic E-state index is 0.0825. The molecule has 3 nitrogen and oxygen atoms in total. The third kappa shape index (κ3) is 2.56. The van der Waals surface area contributed by atoms with Crippen molar-refractivity contribution < 1.29 is 0 Å². The van der Waals surface area contributed by atoms with Gasteiger partial charge in [0.15, 0.2) is 0 Å². The molecule has 0 fully saturated rings. The van der Waals surface area contributed by atoms with Gasteiger partial charge >= 0.3 is 0 Å². The van der Waals surface area contributed by atoms with Crippen molar-refractivity contribution in [2.45, 2.75) is 25.4 Å². The van der Waals surface area contributed by atoms with Gasteiger partial charge in [-0.2, -0.15) is 0 Å². The minimum atomic E-state index is 0.0825. The number of nitrogens with one attached hydrogen (secondary N) is 1. The van der Waals surface area contributed by atoms with Crippen molar-refractivity contribution in [3.8, 4) is 0 Å². The molecular formula is C20H23N3. The Hall–Kier alpha value is -2.10. The third-order valence-corrected chi connectivity index (χ3v) is 4.93. The SMILES string of the molecule is CC(N)c1ccc2c(c1)CN(C)CC2c1cc2ccccc2[nH]1. The van der Waals surface area contributed by atoms with Gasteiger partial charge in [-0.05, 0) is 48.2 Å². The van der Waals surface area contributed by atoms with Gasteiger partial charge in [-0.15, -0.1) is 0 Å². The standard InChI is InChI=1S/C20H23N3/c1-13(21)14-7-8-17-16(9-14)11-23(2)12-18(17)20-10-15-5-3-4-6-19(15)22-20/h3-10,13,18,22H,11-12,21H2,1-2H3. The fourth-order valence-electron chi connectivity index (χ4n) is 3.70. The lowest BCUT2D eigenvalue weighted by Crippen LogP contribution is -2.31. The van der Waals surface area contributed by atoms with Crippen LogP contribution >= 0.6 is 0 Å². The number of aromatic nitrogens is 1. The Morgan fingerprint density at radius 1 is 1.17 bits per heavy atom. The van der Waals surface area contributed by atoms with Crippen molar-refractivity contribution in [2.24, 2.45) is 5.73 Å². The zero-order valence-corrected chi connectivity index (χ0v) is 13.7. The maximum Gasteiger partial charge on any atom is 0.0456 e. The molecule has 1 aliphatic rings. The highest BCUT2D eigenvalue weighted by Crippen LogP contribution is 2.35. The molecule has 3 aromatic rings. The van der Waals surface area contributed by atoms with E-state index in [0.717, 1.165) is 13.1 Å². The summed E-state index contributed by atoms with van der Waals surface area (Å²) in [6.45, 7) is 4.08. The number of nitrogens with zero attached hydrogens (tertiary/aromatic N) is 1. The summed E-state index contributed by atoms with van der Waals surface area (Å²) in [6.07, 6.45) is 0. The predicted octanol–water partition coefficient (Wildman–Crippen LogP) is 3.76. The molecule has 2 heterocycles. The monoisotopic (exact) mass is 305 g/mol. The summed E-state index contributed by atoms with van der Waals surface area (Å²) in [6, 6.07) is 17.6. The Kier molecular flexibility index (Phi) is 3.47. The van der Waals surface area contributed by atoms with Crippen LogP contribution < -0.4 is 5.73 Å². The molecule has 23 heavy (non-hydrogen) atoms. The van der Waals surface area contributed by atoms with Gasteiger partial charge in [0.05, 0.1) is 0 Å². The molecule has 0 saturated carbocycles. The summed E-state index contributed by atoms with van der Waals surface area (Å²) in [5, 5.41) is 1.28. The lowest BCUT2D eigenvalue weighted by atomic mass is 9.86. The van der Waals surface area contributed by atoms with E-state index < -0.39 is 0 Å². The molecular weight excluding hydrogens is 282 g/mol. The lowest BCUT2D eigenvalue weighted by molar-refractivity contribution is 0.293. The van der Waals surface area contributed by atoms with Crippen LogP contribution in [-0.4, -0.2) is 23.5 Å². The molecule has 3 heteroatoms. The zero-order chi connectivity index (χ0) is 16.0. The number of fused-ring (bicyclic) bond motifs is 2. The average molecular weight is 305 g/mol. The van der Waals surface area contributed by atoms with Crippen LogP contribution in [0.4, 0.5) is 0 Å². The Bertz CT molecular complexity index is 814. The van der Waals surface area contributed by atoms with Crippen molar-refractivity contribution >= 4 is 10.9 Å². The first-order valence-corrected chi connectivity index (χ1v) is 8.26. The van der Waals surface area contributed by atoms with Crippen LogP contribution in [0, 0.1) is 0 Å². The lowest BCUT2D eigenvalue weighted by Gasteiger charge is -2.32. The summed E-state index contributed by atoms with van der Waals surface area (Å²) in [4.78, 5) is 6.01. The van der Waals surface area contributed by atoms with Crippen molar-refractivity contribution in [1.82, 2.24) is 9.88 Å². The summed E-state index contributed by atoms with van der Waals surface area (Å²) in [5.41, 5.74) is 12.6. The molecule has 0 bridgehead atoms. The van der Waals surface area contributed by atoms with Crippen LogP contribution in [0.3, 0.4) is 0 Å². The van der Waals surface area contributed by atoms with Crippen LogP contribution in [0.2, 0.25) is 0 Å². The highest BCUT2D eigenvalue weighted by Gasteiger charge is 2.26. The largest absolute Gasteiger partial charge is 0.358 e. The maximum absolute atomic E-state index is 6.06. The molecule has 1 aliphatic heterocycles. The molecule has 0 spiro atoms. The Morgan fingerprint density at radius 2 is 2.00 bits per heavy atom. The topological polar surface area (TPSA) is 45.0 Å². The van der Waals surface area contributed by atoms with E-state index in [9.17, 15) is 0 Å². The molecule has 4 rings (SSSR count). The van der Waals surface area contributed by atoms with Crippen molar-refractivity contribution in [3.63, 3.8) is 0 Å². The van der Waals surface area contributed by atoms with E-state index in [4.69, 9.17) is 5.73 Å². The van der Waals surface area contributed by atoms with Crippen LogP contribution in [0.25, 0.3) is 10.9 Å². The summed E-state index contributed by atoms with van der Waals surface area (Å²) in [7, 11) is 2.19. The highest BCUT2D eigenvalue weighted by atomic mass is 15.1. The van der Waals surface area contributed by atoms with Crippen LogP contribution in [-0.2, 0) is 6.54 Å². The average Bonchev–Trinajstić information content (AvgIpc) is 2.97. The molecule has 1 aromatic heterocycles. The maximum atomic E-state index is 6.06. The van der Waals surface area contributed by atoms with Gasteiger partial charge in [-0.1, -0.05) is 36.4 Å². The van der Waals surface area contributed by atoms with Crippen LogP contribution in [0.15, 0.2) is 48.5 Å². The summed E-state index contributed by atoms with van der Waals surface area (Å²) < 4.78 is 0. The fraction of sp³-hybridized carbons (Fsp3) is 0.300. The molecule has 0 aliphatic carbocycles. The second-order valence-corrected chi connectivity index (χ2v) is 6.81. The molecule has 2 aromatic carbocycles. The normalized spacial score (nSPS) is 19.7. The molecule has 0 saturated heterocycles. The second-order valence-electron chi connectivity index (χ2n) is 6.81. The first-order valence-electron chi connectivity index (χ1n) is 8.26. The van der Waals surface area contributed by atoms with Gasteiger partial charge in [0, 0.05) is 36.3 Å². The first-order chi connectivity index (χ1) is 11.1. The second kappa shape index (κ2) is 5.52. The molecule has 0 amide bonds. The predicted molar refractivity (Wildman–Crippen MR) is 95.5 cm³/mol. The van der Waals surface area contributed by atoms with Gasteiger partial charge in [0.25, 0.3) is 0 Å². The number of hydrogen-bond donors (Lipinski definition) is 2. The molecule has 118 valence electrons. The Morgan fingerprint density at radius 3 is 2.78 bits per heavy atom. The highest BCUT2D eigenvalue weighted by molar-refractivity contribution is 5.80. The number of aromatic amines is 1. The van der Waals surface area contributed by atoms with E-state index in [2.05, 4.69) is 65.5 Å². The minimum Gasteiger partial charge on any atom is -0.358 e. The van der Waals surface area contributed by atoms with Gasteiger partial charge in [-0.25, -0.2) is 0 Å². The number of likely N-dealkylation sites (N-methyl/N-ethyl adjacent to an activating group) is 1. The van der Waals surface area contributed by atoms with Gasteiger partial charge in [0.2, 0.25) is 0 Å². The molecule has 2 atom stereocenters. The number of benzene rings is 2. The number of rotatable bonds is 2. The van der Waals surface area contributed by atoms with Crippen molar-refractivity contribution in [2.75, 3.05) is 13.6 Å². The van der Waals surface area contributed by atoms with E-state index in [1.54, 1.807) is 0 Å². The van der Waals surface area contributed by atoms with E-state index >= 15 is 0 Å². The number of nitrogens with two attached hydrogens (primary N) is 1. The quantitative estimate of drug-likeness (QED) is 0.757. The van der Waals surface area contributed by atoms with Crippen LogP contribution in [0.1, 0.15) is 41.3 Å². The number of hydrogen-bond acceptors (Lipinski definition) is 2. The summed E-state index contributed by atoms with van der Waals surface area (Å²) >= 11 is 0. The van der Waals surface area contributed by atoms with Gasteiger partial charge in [-0.3, -0.25) is 0 Å². The first kappa shape index (κ1) is 14.5. The third-order valence-electron chi connectivity index (χ3n) is 4.93. The van der Waals surface area contributed by atoms with E-state index in [-0.39, 0.29) is 6.04 Å². The smallest absolute Gasteiger partial charge is 0.0456 e. The Labute approximate surface area is 137 Å². The van der Waals surface area contributed by atoms with E-state index in [1.807, 2.05) is 6.92 Å². The van der Waals surface area contributed by atoms with Crippen molar-refractivity contribution in [1.29, 1.82) is 0 Å². The molecule has 3 N–H and O–H groups in total. The number of para-hydroxylation sites is 1.